The Morgan fingerprint density at radius 3 is 2.79 bits per heavy atom. The lowest BCUT2D eigenvalue weighted by molar-refractivity contribution is -0.125. The fraction of sp³-hybridized carbons (Fsp3) is 0.280. The highest BCUT2D eigenvalue weighted by Gasteiger charge is 2.33. The van der Waals surface area contributed by atoms with Crippen LogP contribution in [0, 0.1) is 0 Å². The molecule has 0 spiro atoms. The summed E-state index contributed by atoms with van der Waals surface area (Å²) in [5, 5.41) is 0. The van der Waals surface area contributed by atoms with Gasteiger partial charge in [-0.3, -0.25) is 9.69 Å². The number of amides is 2. The second kappa shape index (κ2) is 9.68. The van der Waals surface area contributed by atoms with Crippen LogP contribution in [-0.4, -0.2) is 60.2 Å². The molecule has 0 aliphatic carbocycles. The van der Waals surface area contributed by atoms with Gasteiger partial charge in [-0.25, -0.2) is 14.8 Å². The Bertz CT molecular complexity index is 1190. The minimum atomic E-state index is -0.404. The maximum atomic E-state index is 12.7. The number of methoxy groups -OCH3 is 1. The molecule has 2 amide bonds. The van der Waals surface area contributed by atoms with Gasteiger partial charge in [-0.15, -0.1) is 0 Å². The van der Waals surface area contributed by atoms with Gasteiger partial charge in [0.05, 0.1) is 37.4 Å². The number of carbonyl (C=O) groups is 2. The zero-order valence-electron chi connectivity index (χ0n) is 18.9. The first kappa shape index (κ1) is 22.3. The quantitative estimate of drug-likeness (QED) is 0.515. The summed E-state index contributed by atoms with van der Waals surface area (Å²) in [4.78, 5) is 36.9. The van der Waals surface area contributed by atoms with Crippen LogP contribution >= 0.6 is 0 Å². The molecular formula is C25H26N4O4. The fourth-order valence-corrected chi connectivity index (χ4v) is 3.69. The van der Waals surface area contributed by atoms with Crippen molar-refractivity contribution in [2.75, 3.05) is 32.1 Å². The Hall–Kier alpha value is -3.94. The summed E-state index contributed by atoms with van der Waals surface area (Å²) >= 11 is 0. The number of likely N-dealkylation sites (N-methyl/N-ethyl adjacent to an activating group) is 1. The van der Waals surface area contributed by atoms with Gasteiger partial charge in [-0.05, 0) is 36.3 Å². The number of hydrogen-bond donors (Lipinski definition) is 0. The highest BCUT2D eigenvalue weighted by Crippen LogP contribution is 2.23. The van der Waals surface area contributed by atoms with Crippen LogP contribution in [0.3, 0.4) is 0 Å². The van der Waals surface area contributed by atoms with E-state index in [0.717, 1.165) is 17.7 Å². The normalized spacial score (nSPS) is 15.8. The Labute approximate surface area is 192 Å². The molecule has 1 aromatic heterocycles. The third kappa shape index (κ3) is 4.95. The molecule has 2 aromatic carbocycles. The van der Waals surface area contributed by atoms with Crippen molar-refractivity contribution in [1.29, 1.82) is 0 Å². The van der Waals surface area contributed by atoms with Crippen LogP contribution in [0.5, 0.6) is 5.88 Å². The molecular weight excluding hydrogens is 420 g/mol. The van der Waals surface area contributed by atoms with E-state index in [2.05, 4.69) is 16.9 Å². The second-order valence-corrected chi connectivity index (χ2v) is 7.82. The SMILES string of the molecule is CCc1ccc(N2C[C@H](CN(C)C(=O)C=Cc3cccc4ncc(OC)nc34)OC2=O)cc1. The molecule has 0 saturated carbocycles. The lowest BCUT2D eigenvalue weighted by Crippen LogP contribution is -2.35. The van der Waals surface area contributed by atoms with Gasteiger partial charge in [0.2, 0.25) is 11.8 Å². The topological polar surface area (TPSA) is 84.9 Å². The number of aryl methyl sites for hydroxylation is 1. The van der Waals surface area contributed by atoms with E-state index in [-0.39, 0.29) is 5.91 Å². The van der Waals surface area contributed by atoms with E-state index in [1.54, 1.807) is 24.2 Å². The number of benzene rings is 2. The largest absolute Gasteiger partial charge is 0.480 e. The molecule has 1 atom stereocenters. The highest BCUT2D eigenvalue weighted by molar-refractivity contribution is 5.95. The number of carbonyl (C=O) groups excluding carboxylic acids is 2. The van der Waals surface area contributed by atoms with Crippen LogP contribution in [0.2, 0.25) is 0 Å². The van der Waals surface area contributed by atoms with E-state index in [1.165, 1.54) is 23.6 Å². The number of anilines is 1. The highest BCUT2D eigenvalue weighted by atomic mass is 16.6. The number of ether oxygens (including phenoxy) is 2. The van der Waals surface area contributed by atoms with Crippen LogP contribution in [0.25, 0.3) is 17.1 Å². The fourth-order valence-electron chi connectivity index (χ4n) is 3.69. The minimum Gasteiger partial charge on any atom is -0.480 e. The molecule has 0 unspecified atom stereocenters. The van der Waals surface area contributed by atoms with E-state index in [4.69, 9.17) is 9.47 Å². The Morgan fingerprint density at radius 2 is 2.06 bits per heavy atom. The minimum absolute atomic E-state index is 0.204. The number of para-hydroxylation sites is 1. The first-order valence-corrected chi connectivity index (χ1v) is 10.8. The zero-order chi connectivity index (χ0) is 23.4. The molecule has 0 N–H and O–H groups in total. The van der Waals surface area contributed by atoms with Gasteiger partial charge in [0.15, 0.2) is 0 Å². The van der Waals surface area contributed by atoms with Gasteiger partial charge >= 0.3 is 6.09 Å². The van der Waals surface area contributed by atoms with E-state index < -0.39 is 12.2 Å². The molecule has 0 radical (unpaired) electrons. The summed E-state index contributed by atoms with van der Waals surface area (Å²) in [5.41, 5.74) is 4.12. The number of hydrogen-bond acceptors (Lipinski definition) is 6. The smallest absolute Gasteiger partial charge is 0.414 e. The van der Waals surface area contributed by atoms with E-state index in [1.807, 2.05) is 42.5 Å². The lowest BCUT2D eigenvalue weighted by Gasteiger charge is -2.18. The van der Waals surface area contributed by atoms with Crippen molar-refractivity contribution in [2.45, 2.75) is 19.4 Å². The van der Waals surface area contributed by atoms with Crippen molar-refractivity contribution in [3.63, 3.8) is 0 Å². The van der Waals surface area contributed by atoms with Gasteiger partial charge in [0.25, 0.3) is 0 Å². The van der Waals surface area contributed by atoms with Crippen LogP contribution in [0.1, 0.15) is 18.1 Å². The van der Waals surface area contributed by atoms with Gasteiger partial charge in [-0.2, -0.15) is 0 Å². The maximum Gasteiger partial charge on any atom is 0.414 e. The van der Waals surface area contributed by atoms with Crippen LogP contribution < -0.4 is 9.64 Å². The van der Waals surface area contributed by atoms with Gasteiger partial charge in [0.1, 0.15) is 6.10 Å². The predicted octanol–water partition coefficient (Wildman–Crippen LogP) is 3.70. The lowest BCUT2D eigenvalue weighted by atomic mass is 10.1. The molecule has 3 aromatic rings. The number of fused-ring (bicyclic) bond motifs is 1. The summed E-state index contributed by atoms with van der Waals surface area (Å²) in [6, 6.07) is 13.4. The number of cyclic esters (lactones) is 1. The molecule has 4 rings (SSSR count). The molecule has 1 aliphatic heterocycles. The first-order chi connectivity index (χ1) is 16.0. The third-order valence-electron chi connectivity index (χ3n) is 5.58. The average molecular weight is 447 g/mol. The summed E-state index contributed by atoms with van der Waals surface area (Å²) in [6.45, 7) is 2.77. The van der Waals surface area contributed by atoms with E-state index in [9.17, 15) is 9.59 Å². The summed E-state index contributed by atoms with van der Waals surface area (Å²) in [7, 11) is 3.22. The monoisotopic (exact) mass is 446 g/mol. The standard InChI is InChI=1S/C25H26N4O4/c1-4-17-8-11-19(12-9-17)29-16-20(33-25(29)31)15-28(2)23(30)13-10-18-6-5-7-21-24(18)27-22(32-3)14-26-21/h5-14,20H,4,15-16H2,1-3H3/t20-/m0/s1. The number of aromatic nitrogens is 2. The molecule has 1 saturated heterocycles. The first-order valence-electron chi connectivity index (χ1n) is 10.8. The van der Waals surface area contributed by atoms with Gasteiger partial charge in [-0.1, -0.05) is 31.2 Å². The van der Waals surface area contributed by atoms with Crippen molar-refractivity contribution in [2.24, 2.45) is 0 Å². The Balaban J connectivity index is 1.40. The van der Waals surface area contributed by atoms with Gasteiger partial charge < -0.3 is 14.4 Å². The predicted molar refractivity (Wildman–Crippen MR) is 126 cm³/mol. The molecule has 1 fully saturated rings. The van der Waals surface area contributed by atoms with Crippen LogP contribution in [0.4, 0.5) is 10.5 Å². The summed E-state index contributed by atoms with van der Waals surface area (Å²) in [5.74, 6) is 0.202. The average Bonchev–Trinajstić information content (AvgIpc) is 3.21. The van der Waals surface area contributed by atoms with Crippen LogP contribution in [-0.2, 0) is 16.0 Å². The van der Waals surface area contributed by atoms with Crippen LogP contribution in [0.15, 0.2) is 54.7 Å². The second-order valence-electron chi connectivity index (χ2n) is 7.82. The molecule has 1 aliphatic rings. The molecule has 33 heavy (non-hydrogen) atoms. The summed E-state index contributed by atoms with van der Waals surface area (Å²) in [6.07, 6.45) is 4.87. The third-order valence-corrected chi connectivity index (χ3v) is 5.58. The van der Waals surface area contributed by atoms with Crippen molar-refractivity contribution in [3.8, 4) is 5.88 Å². The molecule has 8 nitrogen and oxygen atoms in total. The van der Waals surface area contributed by atoms with Crippen molar-refractivity contribution in [3.05, 3.63) is 65.9 Å². The van der Waals surface area contributed by atoms with E-state index >= 15 is 0 Å². The van der Waals surface area contributed by atoms with Crippen molar-refractivity contribution in [1.82, 2.24) is 14.9 Å². The van der Waals surface area contributed by atoms with Crippen molar-refractivity contribution < 1.29 is 19.1 Å². The maximum absolute atomic E-state index is 12.7. The molecule has 2 heterocycles. The Kier molecular flexibility index (Phi) is 6.53. The molecule has 170 valence electrons. The van der Waals surface area contributed by atoms with E-state index in [0.29, 0.717) is 30.0 Å². The number of rotatable bonds is 7. The number of nitrogens with zero attached hydrogens (tertiary/aromatic N) is 4. The van der Waals surface area contributed by atoms with Crippen molar-refractivity contribution >= 4 is 34.8 Å². The Morgan fingerprint density at radius 1 is 1.27 bits per heavy atom. The zero-order valence-corrected chi connectivity index (χ0v) is 18.9. The summed E-state index contributed by atoms with van der Waals surface area (Å²) < 4.78 is 10.6. The van der Waals surface area contributed by atoms with Gasteiger partial charge in [0, 0.05) is 24.4 Å². The molecule has 0 bridgehead atoms. The molecule has 8 heteroatoms.